The molecule has 0 aliphatic rings. The normalized spacial score (nSPS) is 10.2. The summed E-state index contributed by atoms with van der Waals surface area (Å²) in [7, 11) is 0. The first-order valence-corrected chi connectivity index (χ1v) is 5.89. The molecule has 0 bridgehead atoms. The molecule has 0 saturated carbocycles. The maximum atomic E-state index is 13.4. The molecule has 0 spiro atoms. The summed E-state index contributed by atoms with van der Waals surface area (Å²) >= 11 is 0. The Labute approximate surface area is 118 Å². The number of rotatable bonds is 4. The highest BCUT2D eigenvalue weighted by molar-refractivity contribution is 5.91. The summed E-state index contributed by atoms with van der Waals surface area (Å²) in [6.07, 6.45) is 0. The number of amides is 1. The van der Waals surface area contributed by atoms with Crippen LogP contribution in [0.1, 0.15) is 0 Å². The van der Waals surface area contributed by atoms with Crippen LogP contribution >= 0.6 is 0 Å². The van der Waals surface area contributed by atoms with Crippen molar-refractivity contribution in [2.75, 3.05) is 17.7 Å². The van der Waals surface area contributed by atoms with Gasteiger partial charge in [0.2, 0.25) is 0 Å². The first kappa shape index (κ1) is 14.7. The van der Waals surface area contributed by atoms with Crippen LogP contribution < -0.4 is 15.8 Å². The minimum Gasteiger partial charge on any atom is -0.481 e. The van der Waals surface area contributed by atoms with Gasteiger partial charge in [0.05, 0.1) is 11.4 Å². The number of para-hydroxylation sites is 1. The Morgan fingerprint density at radius 3 is 2.52 bits per heavy atom. The molecule has 0 aromatic heterocycles. The molecule has 4 nitrogen and oxygen atoms in total. The van der Waals surface area contributed by atoms with Crippen molar-refractivity contribution in [3.8, 4) is 5.75 Å². The van der Waals surface area contributed by atoms with Gasteiger partial charge in [0.1, 0.15) is 11.6 Å². The van der Waals surface area contributed by atoms with Crippen LogP contribution in [0.3, 0.4) is 0 Å². The van der Waals surface area contributed by atoms with Gasteiger partial charge >= 0.3 is 0 Å². The molecule has 0 radical (unpaired) electrons. The van der Waals surface area contributed by atoms with E-state index in [0.29, 0.717) is 0 Å². The average Bonchev–Trinajstić information content (AvgIpc) is 2.44. The van der Waals surface area contributed by atoms with Crippen LogP contribution in [0.4, 0.5) is 24.5 Å². The van der Waals surface area contributed by atoms with Crippen molar-refractivity contribution in [3.05, 3.63) is 53.8 Å². The van der Waals surface area contributed by atoms with Crippen molar-refractivity contribution < 1.29 is 22.7 Å². The van der Waals surface area contributed by atoms with Gasteiger partial charge in [-0.25, -0.2) is 13.2 Å². The Kier molecular flexibility index (Phi) is 4.32. The number of hydrogen-bond acceptors (Lipinski definition) is 3. The standard InChI is InChI=1S/C14H11F3N2O2/c15-8-3-1-2-4-12(8)19-14(20)7-21-13-6-9(16)11(18)5-10(13)17/h1-6H,7,18H2,(H,19,20). The molecule has 2 aromatic rings. The molecule has 2 aromatic carbocycles. The second-order valence-electron chi connectivity index (χ2n) is 4.12. The highest BCUT2D eigenvalue weighted by atomic mass is 19.1. The van der Waals surface area contributed by atoms with Crippen molar-refractivity contribution in [2.45, 2.75) is 0 Å². The summed E-state index contributed by atoms with van der Waals surface area (Å²) in [4.78, 5) is 11.6. The maximum Gasteiger partial charge on any atom is 0.262 e. The number of nitrogens with two attached hydrogens (primary N) is 1. The van der Waals surface area contributed by atoms with Crippen LogP contribution in [-0.4, -0.2) is 12.5 Å². The summed E-state index contributed by atoms with van der Waals surface area (Å²) in [6.45, 7) is -0.603. The number of nitrogen functional groups attached to an aromatic ring is 1. The number of halogens is 3. The van der Waals surface area contributed by atoms with Crippen molar-refractivity contribution >= 4 is 17.3 Å². The molecule has 1 amide bonds. The lowest BCUT2D eigenvalue weighted by molar-refractivity contribution is -0.118. The van der Waals surface area contributed by atoms with E-state index in [2.05, 4.69) is 5.32 Å². The molecule has 21 heavy (non-hydrogen) atoms. The van der Waals surface area contributed by atoms with Gasteiger partial charge in [0, 0.05) is 12.1 Å². The van der Waals surface area contributed by atoms with Gasteiger partial charge in [-0.15, -0.1) is 0 Å². The quantitative estimate of drug-likeness (QED) is 0.853. The number of carbonyl (C=O) groups excluding carboxylic acids is 1. The lowest BCUT2D eigenvalue weighted by Gasteiger charge is -2.09. The van der Waals surface area contributed by atoms with Gasteiger partial charge in [-0.1, -0.05) is 12.1 Å². The van der Waals surface area contributed by atoms with E-state index in [1.165, 1.54) is 24.3 Å². The fraction of sp³-hybridized carbons (Fsp3) is 0.0714. The Balaban J connectivity index is 1.99. The second kappa shape index (κ2) is 6.17. The fourth-order valence-corrected chi connectivity index (χ4v) is 1.55. The Morgan fingerprint density at radius 1 is 1.10 bits per heavy atom. The van der Waals surface area contributed by atoms with Crippen LogP contribution in [0.2, 0.25) is 0 Å². The molecule has 0 aliphatic carbocycles. The van der Waals surface area contributed by atoms with E-state index in [1.54, 1.807) is 0 Å². The fourth-order valence-electron chi connectivity index (χ4n) is 1.55. The number of hydrogen-bond donors (Lipinski definition) is 2. The van der Waals surface area contributed by atoms with Crippen LogP contribution in [-0.2, 0) is 4.79 Å². The molecule has 0 atom stereocenters. The van der Waals surface area contributed by atoms with E-state index >= 15 is 0 Å². The van der Waals surface area contributed by atoms with Crippen LogP contribution in [0.25, 0.3) is 0 Å². The number of carbonyl (C=O) groups is 1. The van der Waals surface area contributed by atoms with E-state index in [9.17, 15) is 18.0 Å². The van der Waals surface area contributed by atoms with Gasteiger partial charge in [-0.3, -0.25) is 4.79 Å². The molecule has 0 fully saturated rings. The first-order chi connectivity index (χ1) is 9.97. The largest absolute Gasteiger partial charge is 0.481 e. The summed E-state index contributed by atoms with van der Waals surface area (Å²) in [5.41, 5.74) is 4.78. The number of nitrogens with one attached hydrogen (secondary N) is 1. The third kappa shape index (κ3) is 3.65. The van der Waals surface area contributed by atoms with E-state index in [-0.39, 0.29) is 11.4 Å². The van der Waals surface area contributed by atoms with E-state index < -0.39 is 35.7 Å². The Bertz CT molecular complexity index is 677. The number of ether oxygens (including phenoxy) is 1. The lowest BCUT2D eigenvalue weighted by atomic mass is 10.3. The topological polar surface area (TPSA) is 64.3 Å². The predicted molar refractivity (Wildman–Crippen MR) is 71.3 cm³/mol. The molecule has 7 heteroatoms. The van der Waals surface area contributed by atoms with Gasteiger partial charge in [0.15, 0.2) is 18.2 Å². The van der Waals surface area contributed by atoms with E-state index in [1.807, 2.05) is 0 Å². The molecule has 3 N–H and O–H groups in total. The molecule has 0 saturated heterocycles. The summed E-state index contributed by atoms with van der Waals surface area (Å²) in [5, 5.41) is 2.25. The highest BCUT2D eigenvalue weighted by Crippen LogP contribution is 2.23. The minimum absolute atomic E-state index is 0.0324. The zero-order chi connectivity index (χ0) is 15.4. The monoisotopic (exact) mass is 296 g/mol. The Morgan fingerprint density at radius 2 is 1.81 bits per heavy atom. The van der Waals surface area contributed by atoms with Crippen LogP contribution in [0.15, 0.2) is 36.4 Å². The second-order valence-corrected chi connectivity index (χ2v) is 4.12. The summed E-state index contributed by atoms with van der Waals surface area (Å²) < 4.78 is 44.7. The number of benzene rings is 2. The highest BCUT2D eigenvalue weighted by Gasteiger charge is 2.12. The van der Waals surface area contributed by atoms with Crippen molar-refractivity contribution in [1.29, 1.82) is 0 Å². The summed E-state index contributed by atoms with van der Waals surface area (Å²) in [5.74, 6) is -3.54. The van der Waals surface area contributed by atoms with Crippen LogP contribution in [0.5, 0.6) is 5.75 Å². The zero-order valence-corrected chi connectivity index (χ0v) is 10.7. The SMILES string of the molecule is Nc1cc(F)c(OCC(=O)Nc2ccccc2F)cc1F. The molecule has 110 valence electrons. The smallest absolute Gasteiger partial charge is 0.262 e. The minimum atomic E-state index is -0.896. The third-order valence-corrected chi connectivity index (χ3v) is 2.56. The molecule has 0 aliphatic heterocycles. The van der Waals surface area contributed by atoms with Crippen molar-refractivity contribution in [1.82, 2.24) is 0 Å². The first-order valence-electron chi connectivity index (χ1n) is 5.89. The Hall–Kier alpha value is -2.70. The van der Waals surface area contributed by atoms with Crippen molar-refractivity contribution in [2.24, 2.45) is 0 Å². The van der Waals surface area contributed by atoms with Gasteiger partial charge in [0.25, 0.3) is 5.91 Å². The van der Waals surface area contributed by atoms with Gasteiger partial charge in [-0.05, 0) is 12.1 Å². The lowest BCUT2D eigenvalue weighted by Crippen LogP contribution is -2.21. The molecule has 2 rings (SSSR count). The van der Waals surface area contributed by atoms with Crippen molar-refractivity contribution in [3.63, 3.8) is 0 Å². The van der Waals surface area contributed by atoms with Gasteiger partial charge < -0.3 is 15.8 Å². The van der Waals surface area contributed by atoms with E-state index in [4.69, 9.17) is 10.5 Å². The summed E-state index contributed by atoms with van der Waals surface area (Å²) in [6, 6.07) is 7.02. The van der Waals surface area contributed by atoms with Gasteiger partial charge in [-0.2, -0.15) is 0 Å². The molecular formula is C14H11F3N2O2. The number of anilines is 2. The predicted octanol–water partition coefficient (Wildman–Crippen LogP) is 2.70. The maximum absolute atomic E-state index is 13.4. The molecule has 0 unspecified atom stereocenters. The van der Waals surface area contributed by atoms with Crippen LogP contribution in [0, 0.1) is 17.5 Å². The third-order valence-electron chi connectivity index (χ3n) is 2.56. The molecular weight excluding hydrogens is 285 g/mol. The average molecular weight is 296 g/mol. The molecule has 0 heterocycles. The van der Waals surface area contributed by atoms with E-state index in [0.717, 1.165) is 12.1 Å². The zero-order valence-electron chi connectivity index (χ0n) is 10.7.